The highest BCUT2D eigenvalue weighted by molar-refractivity contribution is 5.92. The van der Waals surface area contributed by atoms with Gasteiger partial charge in [0.25, 0.3) is 0 Å². The SMILES string of the molecule is NC1(C(=O)N2CCN(CC(=O)Nc3ccccc3)CC2)CCCC1. The first-order valence-corrected chi connectivity index (χ1v) is 8.72. The van der Waals surface area contributed by atoms with Crippen molar-refractivity contribution in [2.75, 3.05) is 38.0 Å². The minimum Gasteiger partial charge on any atom is -0.339 e. The van der Waals surface area contributed by atoms with Crippen molar-refractivity contribution in [3.05, 3.63) is 30.3 Å². The van der Waals surface area contributed by atoms with Crippen LogP contribution in [0.1, 0.15) is 25.7 Å². The maximum atomic E-state index is 12.6. The summed E-state index contributed by atoms with van der Waals surface area (Å²) in [4.78, 5) is 28.7. The van der Waals surface area contributed by atoms with Crippen LogP contribution in [0.2, 0.25) is 0 Å². The average Bonchev–Trinajstić information content (AvgIpc) is 3.04. The van der Waals surface area contributed by atoms with Gasteiger partial charge in [-0.15, -0.1) is 0 Å². The van der Waals surface area contributed by atoms with Gasteiger partial charge in [0.15, 0.2) is 0 Å². The summed E-state index contributed by atoms with van der Waals surface area (Å²) in [6.45, 7) is 3.07. The van der Waals surface area contributed by atoms with Crippen molar-refractivity contribution in [1.29, 1.82) is 0 Å². The molecule has 0 atom stereocenters. The minimum atomic E-state index is -0.646. The summed E-state index contributed by atoms with van der Waals surface area (Å²) in [5.74, 6) is 0.0699. The number of anilines is 1. The fraction of sp³-hybridized carbons (Fsp3) is 0.556. The molecular weight excluding hydrogens is 304 g/mol. The molecule has 1 aromatic carbocycles. The van der Waals surface area contributed by atoms with Gasteiger partial charge in [0.1, 0.15) is 0 Å². The van der Waals surface area contributed by atoms with Gasteiger partial charge in [0.05, 0.1) is 12.1 Å². The van der Waals surface area contributed by atoms with E-state index in [2.05, 4.69) is 10.2 Å². The van der Waals surface area contributed by atoms with E-state index in [1.165, 1.54) is 0 Å². The van der Waals surface area contributed by atoms with Crippen LogP contribution in [0.5, 0.6) is 0 Å². The molecule has 1 aliphatic heterocycles. The second kappa shape index (κ2) is 7.32. The molecule has 1 saturated heterocycles. The summed E-state index contributed by atoms with van der Waals surface area (Å²) in [6, 6.07) is 9.45. The monoisotopic (exact) mass is 330 g/mol. The van der Waals surface area contributed by atoms with Crippen molar-refractivity contribution in [3.8, 4) is 0 Å². The molecule has 3 N–H and O–H groups in total. The largest absolute Gasteiger partial charge is 0.339 e. The number of rotatable bonds is 4. The highest BCUT2D eigenvalue weighted by atomic mass is 16.2. The number of nitrogens with one attached hydrogen (secondary N) is 1. The van der Waals surface area contributed by atoms with Gasteiger partial charge < -0.3 is 16.0 Å². The molecule has 6 nitrogen and oxygen atoms in total. The third-order valence-corrected chi connectivity index (χ3v) is 5.01. The van der Waals surface area contributed by atoms with Crippen LogP contribution in [0, 0.1) is 0 Å². The second-order valence-corrected chi connectivity index (χ2v) is 6.85. The predicted molar refractivity (Wildman–Crippen MR) is 93.5 cm³/mol. The normalized spacial score (nSPS) is 20.8. The van der Waals surface area contributed by atoms with Crippen LogP contribution in [-0.2, 0) is 9.59 Å². The van der Waals surface area contributed by atoms with Crippen LogP contribution in [0.15, 0.2) is 30.3 Å². The van der Waals surface area contributed by atoms with Gasteiger partial charge in [0.2, 0.25) is 11.8 Å². The molecule has 0 aromatic heterocycles. The number of piperazine rings is 1. The summed E-state index contributed by atoms with van der Waals surface area (Å²) in [5.41, 5.74) is 6.43. The molecule has 1 saturated carbocycles. The van der Waals surface area contributed by atoms with Crippen molar-refractivity contribution in [2.45, 2.75) is 31.2 Å². The zero-order valence-electron chi connectivity index (χ0n) is 14.0. The lowest BCUT2D eigenvalue weighted by atomic mass is 9.97. The van der Waals surface area contributed by atoms with E-state index in [0.717, 1.165) is 31.4 Å². The number of para-hydroxylation sites is 1. The fourth-order valence-corrected chi connectivity index (χ4v) is 3.57. The van der Waals surface area contributed by atoms with E-state index in [1.807, 2.05) is 35.2 Å². The topological polar surface area (TPSA) is 78.7 Å². The molecule has 0 unspecified atom stereocenters. The third kappa shape index (κ3) is 3.94. The van der Waals surface area contributed by atoms with Gasteiger partial charge in [-0.2, -0.15) is 0 Å². The van der Waals surface area contributed by atoms with Crippen LogP contribution in [0.25, 0.3) is 0 Å². The van der Waals surface area contributed by atoms with Gasteiger partial charge in [0, 0.05) is 31.9 Å². The van der Waals surface area contributed by atoms with Gasteiger partial charge in [-0.05, 0) is 25.0 Å². The molecule has 1 aromatic rings. The van der Waals surface area contributed by atoms with Crippen LogP contribution in [0.4, 0.5) is 5.69 Å². The van der Waals surface area contributed by atoms with E-state index < -0.39 is 5.54 Å². The Bertz CT molecular complexity index is 576. The Kier molecular flexibility index (Phi) is 5.16. The number of nitrogens with two attached hydrogens (primary N) is 1. The van der Waals surface area contributed by atoms with E-state index >= 15 is 0 Å². The number of hydrogen-bond donors (Lipinski definition) is 2. The number of benzene rings is 1. The summed E-state index contributed by atoms with van der Waals surface area (Å²) in [7, 11) is 0. The Balaban J connectivity index is 1.45. The zero-order chi connectivity index (χ0) is 17.0. The molecule has 1 heterocycles. The standard InChI is InChI=1S/C18H26N4O2/c19-18(8-4-5-9-18)17(24)22-12-10-21(11-13-22)14-16(23)20-15-6-2-1-3-7-15/h1-3,6-7H,4-5,8-14,19H2,(H,20,23). The summed E-state index contributed by atoms with van der Waals surface area (Å²) < 4.78 is 0. The second-order valence-electron chi connectivity index (χ2n) is 6.85. The summed E-state index contributed by atoms with van der Waals surface area (Å²) in [5, 5.41) is 2.89. The van der Waals surface area contributed by atoms with Crippen molar-refractivity contribution >= 4 is 17.5 Å². The minimum absolute atomic E-state index is 0.0212. The molecule has 0 bridgehead atoms. The van der Waals surface area contributed by atoms with Crippen molar-refractivity contribution < 1.29 is 9.59 Å². The van der Waals surface area contributed by atoms with Crippen molar-refractivity contribution in [1.82, 2.24) is 9.80 Å². The Morgan fingerprint density at radius 2 is 1.67 bits per heavy atom. The first-order valence-electron chi connectivity index (χ1n) is 8.72. The molecule has 3 rings (SSSR count). The molecule has 0 spiro atoms. The predicted octanol–water partition coefficient (Wildman–Crippen LogP) is 1.04. The summed E-state index contributed by atoms with van der Waals surface area (Å²) >= 11 is 0. The molecule has 24 heavy (non-hydrogen) atoms. The van der Waals surface area contributed by atoms with E-state index in [1.54, 1.807) is 0 Å². The quantitative estimate of drug-likeness (QED) is 0.865. The molecule has 130 valence electrons. The number of amides is 2. The van der Waals surface area contributed by atoms with Crippen molar-refractivity contribution in [2.24, 2.45) is 5.73 Å². The molecule has 2 amide bonds. The lowest BCUT2D eigenvalue weighted by molar-refractivity contribution is -0.138. The van der Waals surface area contributed by atoms with Gasteiger partial charge in [-0.25, -0.2) is 0 Å². The third-order valence-electron chi connectivity index (χ3n) is 5.01. The molecule has 2 fully saturated rings. The van der Waals surface area contributed by atoms with Gasteiger partial charge in [-0.3, -0.25) is 14.5 Å². The Labute approximate surface area is 143 Å². The van der Waals surface area contributed by atoms with E-state index in [9.17, 15) is 9.59 Å². The molecule has 6 heteroatoms. The van der Waals surface area contributed by atoms with E-state index in [-0.39, 0.29) is 11.8 Å². The number of carbonyl (C=O) groups excluding carboxylic acids is 2. The average molecular weight is 330 g/mol. The van der Waals surface area contributed by atoms with E-state index in [0.29, 0.717) is 32.7 Å². The first-order chi connectivity index (χ1) is 11.6. The number of carbonyl (C=O) groups is 2. The van der Waals surface area contributed by atoms with Crippen LogP contribution >= 0.6 is 0 Å². The first kappa shape index (κ1) is 16.9. The maximum Gasteiger partial charge on any atom is 0.242 e. The molecule has 1 aliphatic carbocycles. The summed E-state index contributed by atoms with van der Waals surface area (Å²) in [6.07, 6.45) is 3.68. The number of nitrogens with zero attached hydrogens (tertiary/aromatic N) is 2. The van der Waals surface area contributed by atoms with E-state index in [4.69, 9.17) is 5.73 Å². The van der Waals surface area contributed by atoms with Crippen LogP contribution < -0.4 is 11.1 Å². The lowest BCUT2D eigenvalue weighted by Crippen LogP contribution is -2.58. The lowest BCUT2D eigenvalue weighted by Gasteiger charge is -2.38. The van der Waals surface area contributed by atoms with Gasteiger partial charge >= 0.3 is 0 Å². The maximum absolute atomic E-state index is 12.6. The highest BCUT2D eigenvalue weighted by Crippen LogP contribution is 2.29. The molecular formula is C18H26N4O2. The molecule has 2 aliphatic rings. The van der Waals surface area contributed by atoms with Crippen molar-refractivity contribution in [3.63, 3.8) is 0 Å². The Morgan fingerprint density at radius 1 is 1.04 bits per heavy atom. The highest BCUT2D eigenvalue weighted by Gasteiger charge is 2.40. The van der Waals surface area contributed by atoms with Crippen LogP contribution in [0.3, 0.4) is 0 Å². The smallest absolute Gasteiger partial charge is 0.242 e. The Morgan fingerprint density at radius 3 is 2.29 bits per heavy atom. The zero-order valence-corrected chi connectivity index (χ0v) is 14.0. The van der Waals surface area contributed by atoms with Gasteiger partial charge in [-0.1, -0.05) is 31.0 Å². The Hall–Kier alpha value is -1.92. The fourth-order valence-electron chi connectivity index (χ4n) is 3.57. The molecule has 0 radical (unpaired) electrons. The number of hydrogen-bond acceptors (Lipinski definition) is 4. The van der Waals surface area contributed by atoms with Crippen LogP contribution in [-0.4, -0.2) is 59.9 Å².